The van der Waals surface area contributed by atoms with E-state index >= 15 is 0 Å². The number of thiocarbonyl (C=S) groups is 1. The Labute approximate surface area is 132 Å². The molecule has 0 aliphatic rings. The van der Waals surface area contributed by atoms with Crippen LogP contribution in [0.15, 0.2) is 35.5 Å². The van der Waals surface area contributed by atoms with Gasteiger partial charge >= 0.3 is 0 Å². The first-order chi connectivity index (χ1) is 9.65. The number of halogens is 2. The number of hydrogen-bond acceptors (Lipinski definition) is 4. The molecule has 0 aliphatic carbocycles. The van der Waals surface area contributed by atoms with Gasteiger partial charge in [0, 0.05) is 35.0 Å². The fourth-order valence-corrected chi connectivity index (χ4v) is 2.43. The van der Waals surface area contributed by atoms with Crippen molar-refractivity contribution < 1.29 is 4.74 Å². The predicted molar refractivity (Wildman–Crippen MR) is 88.1 cm³/mol. The fraction of sp³-hybridized carbons (Fsp3) is 0.0714. The molecular weight excluding hydrogens is 315 g/mol. The predicted octanol–water partition coefficient (Wildman–Crippen LogP) is 4.77. The Balaban J connectivity index is 2.45. The zero-order valence-electron chi connectivity index (χ0n) is 10.5. The van der Waals surface area contributed by atoms with Crippen molar-refractivity contribution in [2.45, 2.75) is 0 Å². The zero-order chi connectivity index (χ0) is 14.5. The molecule has 20 heavy (non-hydrogen) atoms. The molecule has 0 unspecified atom stereocenters. The third kappa shape index (κ3) is 3.33. The van der Waals surface area contributed by atoms with Crippen molar-refractivity contribution in [3.05, 3.63) is 40.5 Å². The highest BCUT2D eigenvalue weighted by atomic mass is 35.5. The summed E-state index contributed by atoms with van der Waals surface area (Å²) in [7, 11) is 1.56. The van der Waals surface area contributed by atoms with Gasteiger partial charge in [-0.3, -0.25) is 4.99 Å². The van der Waals surface area contributed by atoms with Crippen LogP contribution in [0.2, 0.25) is 10.0 Å². The molecule has 6 heteroatoms. The van der Waals surface area contributed by atoms with Crippen molar-refractivity contribution in [2.24, 2.45) is 4.99 Å². The SMILES string of the molecule is COc1ccc(-c2c(Cl)cc(N=CC=S)cc2Cl)cn1. The molecule has 3 nitrogen and oxygen atoms in total. The number of ether oxygens (including phenoxy) is 1. The van der Waals surface area contributed by atoms with Crippen LogP contribution in [0, 0.1) is 0 Å². The van der Waals surface area contributed by atoms with E-state index in [2.05, 4.69) is 22.2 Å². The monoisotopic (exact) mass is 324 g/mol. The minimum atomic E-state index is 0.501. The molecule has 2 rings (SSSR count). The van der Waals surface area contributed by atoms with E-state index in [1.54, 1.807) is 31.5 Å². The van der Waals surface area contributed by atoms with Crippen molar-refractivity contribution in [1.29, 1.82) is 0 Å². The van der Waals surface area contributed by atoms with Gasteiger partial charge in [0.25, 0.3) is 0 Å². The molecule has 0 saturated carbocycles. The van der Waals surface area contributed by atoms with Gasteiger partial charge in [0.1, 0.15) is 0 Å². The number of hydrogen-bond donors (Lipinski definition) is 0. The molecule has 102 valence electrons. The Hall–Kier alpha value is -1.49. The van der Waals surface area contributed by atoms with E-state index in [1.807, 2.05) is 6.07 Å². The van der Waals surface area contributed by atoms with Gasteiger partial charge in [-0.25, -0.2) is 4.98 Å². The Morgan fingerprint density at radius 3 is 2.45 bits per heavy atom. The zero-order valence-corrected chi connectivity index (χ0v) is 12.8. The largest absolute Gasteiger partial charge is 0.481 e. The van der Waals surface area contributed by atoms with E-state index in [-0.39, 0.29) is 0 Å². The summed E-state index contributed by atoms with van der Waals surface area (Å²) in [6.45, 7) is 0. The first-order valence-corrected chi connectivity index (χ1v) is 6.85. The van der Waals surface area contributed by atoms with Crippen LogP contribution in [0.3, 0.4) is 0 Å². The lowest BCUT2D eigenvalue weighted by Gasteiger charge is -2.08. The maximum absolute atomic E-state index is 6.27. The van der Waals surface area contributed by atoms with Crippen molar-refractivity contribution >= 4 is 52.7 Å². The molecule has 0 bridgehead atoms. The lowest BCUT2D eigenvalue weighted by molar-refractivity contribution is 0.398. The smallest absolute Gasteiger partial charge is 0.212 e. The highest BCUT2D eigenvalue weighted by molar-refractivity contribution is 7.80. The number of rotatable bonds is 4. The van der Waals surface area contributed by atoms with Gasteiger partial charge in [0.15, 0.2) is 0 Å². The van der Waals surface area contributed by atoms with Crippen LogP contribution in [-0.4, -0.2) is 23.7 Å². The quantitative estimate of drug-likeness (QED) is 0.600. The summed E-state index contributed by atoms with van der Waals surface area (Å²) in [6, 6.07) is 7.05. The molecule has 0 aliphatic heterocycles. The summed E-state index contributed by atoms with van der Waals surface area (Å²) >= 11 is 17.2. The third-order valence-corrected chi connectivity index (χ3v) is 3.26. The standard InChI is InChI=1S/C14H10Cl2N2OS/c1-19-13-3-2-9(8-18-13)14-11(15)6-10(7-12(14)16)17-4-5-20/h2-8H,1H3. The van der Waals surface area contributed by atoms with Gasteiger partial charge in [-0.15, -0.1) is 0 Å². The summed E-state index contributed by atoms with van der Waals surface area (Å²) in [4.78, 5) is 8.26. The van der Waals surface area contributed by atoms with Crippen LogP contribution in [0.1, 0.15) is 0 Å². The summed E-state index contributed by atoms with van der Waals surface area (Å²) in [6.07, 6.45) is 3.16. The molecule has 1 heterocycles. The van der Waals surface area contributed by atoms with Crippen LogP contribution >= 0.6 is 35.4 Å². The van der Waals surface area contributed by atoms with E-state index in [1.165, 1.54) is 11.6 Å². The molecule has 1 aromatic heterocycles. The third-order valence-electron chi connectivity index (χ3n) is 2.55. The van der Waals surface area contributed by atoms with Gasteiger partial charge < -0.3 is 4.74 Å². The highest BCUT2D eigenvalue weighted by Crippen LogP contribution is 2.38. The van der Waals surface area contributed by atoms with Crippen LogP contribution in [-0.2, 0) is 0 Å². The number of aromatic nitrogens is 1. The first kappa shape index (κ1) is 14.9. The second kappa shape index (κ2) is 6.79. The van der Waals surface area contributed by atoms with E-state index in [4.69, 9.17) is 27.9 Å². The van der Waals surface area contributed by atoms with Crippen LogP contribution in [0.4, 0.5) is 5.69 Å². The second-order valence-corrected chi connectivity index (χ2v) is 4.87. The summed E-state index contributed by atoms with van der Waals surface area (Å²) < 4.78 is 5.02. The van der Waals surface area contributed by atoms with E-state index in [9.17, 15) is 0 Å². The Bertz CT molecular complexity index is 634. The Kier molecular flexibility index (Phi) is 5.06. The molecule has 0 fully saturated rings. The van der Waals surface area contributed by atoms with Crippen molar-refractivity contribution in [3.8, 4) is 17.0 Å². The average molecular weight is 325 g/mol. The molecule has 0 saturated heterocycles. The maximum atomic E-state index is 6.27. The van der Waals surface area contributed by atoms with Gasteiger partial charge in [-0.1, -0.05) is 35.4 Å². The summed E-state index contributed by atoms with van der Waals surface area (Å²) in [5.74, 6) is 0.531. The highest BCUT2D eigenvalue weighted by Gasteiger charge is 2.11. The Morgan fingerprint density at radius 1 is 1.25 bits per heavy atom. The summed E-state index contributed by atoms with van der Waals surface area (Å²) in [5.41, 5.74) is 2.17. The molecule has 1 aromatic carbocycles. The first-order valence-electron chi connectivity index (χ1n) is 5.63. The lowest BCUT2D eigenvalue weighted by atomic mass is 10.1. The number of methoxy groups -OCH3 is 1. The molecule has 0 N–H and O–H groups in total. The molecule has 0 spiro atoms. The van der Waals surface area contributed by atoms with Crippen molar-refractivity contribution in [1.82, 2.24) is 4.98 Å². The van der Waals surface area contributed by atoms with E-state index in [0.29, 0.717) is 27.2 Å². The second-order valence-electron chi connectivity index (χ2n) is 3.79. The number of pyridine rings is 1. The van der Waals surface area contributed by atoms with Gasteiger partial charge in [-0.05, 0) is 18.2 Å². The maximum Gasteiger partial charge on any atom is 0.212 e. The normalized spacial score (nSPS) is 10.8. The van der Waals surface area contributed by atoms with Gasteiger partial charge in [0.05, 0.1) is 22.8 Å². The molecule has 0 radical (unpaired) electrons. The van der Waals surface area contributed by atoms with Crippen LogP contribution < -0.4 is 4.74 Å². The Morgan fingerprint density at radius 2 is 1.95 bits per heavy atom. The molecular formula is C14H10Cl2N2OS. The topological polar surface area (TPSA) is 34.5 Å². The lowest BCUT2D eigenvalue weighted by Crippen LogP contribution is -1.88. The minimum Gasteiger partial charge on any atom is -0.481 e. The van der Waals surface area contributed by atoms with Gasteiger partial charge in [0.2, 0.25) is 5.88 Å². The number of benzene rings is 1. The van der Waals surface area contributed by atoms with Crippen molar-refractivity contribution in [3.63, 3.8) is 0 Å². The van der Waals surface area contributed by atoms with E-state index in [0.717, 1.165) is 5.56 Å². The fourth-order valence-electron chi connectivity index (χ4n) is 1.68. The molecule has 2 aromatic rings. The van der Waals surface area contributed by atoms with E-state index < -0.39 is 0 Å². The van der Waals surface area contributed by atoms with Crippen molar-refractivity contribution in [2.75, 3.05) is 7.11 Å². The number of nitrogens with zero attached hydrogens (tertiary/aromatic N) is 2. The summed E-state index contributed by atoms with van der Waals surface area (Å²) in [5, 5.41) is 2.42. The average Bonchev–Trinajstić information content (AvgIpc) is 2.45. The molecule has 0 atom stereocenters. The van der Waals surface area contributed by atoms with Crippen LogP contribution in [0.5, 0.6) is 5.88 Å². The van der Waals surface area contributed by atoms with Gasteiger partial charge in [-0.2, -0.15) is 0 Å². The molecule has 0 amide bonds. The minimum absolute atomic E-state index is 0.501. The number of aliphatic imine (C=N–C) groups is 1. The van der Waals surface area contributed by atoms with Crippen LogP contribution in [0.25, 0.3) is 11.1 Å².